The molecule has 0 spiro atoms. The van der Waals surface area contributed by atoms with E-state index in [1.165, 1.54) is 0 Å². The molecule has 0 aliphatic heterocycles. The number of nitrogens with zero attached hydrogens (tertiary/aromatic N) is 2. The Labute approximate surface area is 119 Å². The molecule has 5 heteroatoms. The zero-order valence-corrected chi connectivity index (χ0v) is 12.5. The highest BCUT2D eigenvalue weighted by Crippen LogP contribution is 2.30. The van der Waals surface area contributed by atoms with Crippen LogP contribution >= 0.6 is 0 Å². The van der Waals surface area contributed by atoms with Gasteiger partial charge in [0.15, 0.2) is 0 Å². The van der Waals surface area contributed by atoms with Gasteiger partial charge in [0.2, 0.25) is 0 Å². The van der Waals surface area contributed by atoms with E-state index >= 15 is 0 Å². The van der Waals surface area contributed by atoms with E-state index in [1.54, 1.807) is 0 Å². The number of aromatic nitrogens is 2. The number of aryl methyl sites for hydroxylation is 1. The molecule has 0 atom stereocenters. The molecule has 3 N–H and O–H groups in total. The van der Waals surface area contributed by atoms with Gasteiger partial charge in [-0.1, -0.05) is 6.07 Å². The van der Waals surface area contributed by atoms with Crippen molar-refractivity contribution in [1.82, 2.24) is 9.78 Å². The largest absolute Gasteiger partial charge is 0.489 e. The molecular weight excluding hydrogens is 252 g/mol. The van der Waals surface area contributed by atoms with E-state index in [9.17, 15) is 0 Å². The molecule has 1 aromatic carbocycles. The number of hydrogen-bond donors (Lipinski definition) is 2. The summed E-state index contributed by atoms with van der Waals surface area (Å²) in [7, 11) is 1.93. The van der Waals surface area contributed by atoms with Crippen LogP contribution in [0.3, 0.4) is 0 Å². The molecule has 0 amide bonds. The second-order valence-electron chi connectivity index (χ2n) is 5.12. The summed E-state index contributed by atoms with van der Waals surface area (Å²) >= 11 is 0. The summed E-state index contributed by atoms with van der Waals surface area (Å²) in [6.45, 7) is 6.71. The van der Waals surface area contributed by atoms with Crippen LogP contribution in [0.25, 0.3) is 0 Å². The van der Waals surface area contributed by atoms with Gasteiger partial charge in [0, 0.05) is 24.8 Å². The molecule has 0 unspecified atom stereocenters. The Kier molecular flexibility index (Phi) is 4.17. The predicted molar refractivity (Wildman–Crippen MR) is 81.9 cm³/mol. The zero-order chi connectivity index (χ0) is 14.7. The zero-order valence-electron chi connectivity index (χ0n) is 12.5. The number of rotatable bonds is 5. The molecule has 108 valence electrons. The van der Waals surface area contributed by atoms with Gasteiger partial charge in [-0.2, -0.15) is 5.10 Å². The normalized spacial score (nSPS) is 10.8. The molecule has 0 saturated carbocycles. The van der Waals surface area contributed by atoms with Gasteiger partial charge < -0.3 is 15.8 Å². The van der Waals surface area contributed by atoms with Gasteiger partial charge in [-0.25, -0.2) is 0 Å². The molecule has 1 aromatic heterocycles. The quantitative estimate of drug-likeness (QED) is 0.823. The van der Waals surface area contributed by atoms with Crippen LogP contribution in [-0.4, -0.2) is 15.9 Å². The average Bonchev–Trinajstić information content (AvgIpc) is 2.71. The van der Waals surface area contributed by atoms with Crippen LogP contribution in [0.5, 0.6) is 5.75 Å². The van der Waals surface area contributed by atoms with Gasteiger partial charge in [0.25, 0.3) is 0 Å². The lowest BCUT2D eigenvalue weighted by atomic mass is 10.2. The third-order valence-electron chi connectivity index (χ3n) is 3.23. The monoisotopic (exact) mass is 274 g/mol. The second kappa shape index (κ2) is 5.86. The van der Waals surface area contributed by atoms with E-state index < -0.39 is 0 Å². The van der Waals surface area contributed by atoms with E-state index in [1.807, 2.05) is 56.9 Å². The van der Waals surface area contributed by atoms with Crippen molar-refractivity contribution in [1.29, 1.82) is 0 Å². The summed E-state index contributed by atoms with van der Waals surface area (Å²) in [5.41, 5.74) is 9.95. The number of hydrogen-bond acceptors (Lipinski definition) is 4. The van der Waals surface area contributed by atoms with Crippen LogP contribution in [0.15, 0.2) is 24.4 Å². The van der Waals surface area contributed by atoms with Crippen molar-refractivity contribution in [2.45, 2.75) is 33.4 Å². The highest BCUT2D eigenvalue weighted by molar-refractivity contribution is 5.73. The van der Waals surface area contributed by atoms with Gasteiger partial charge in [-0.15, -0.1) is 0 Å². The Balaban J connectivity index is 2.12. The standard InChI is InChI=1S/C15H22N4O/c1-10(2)20-14-7-5-6-13(15(14)16)17-8-12-9-18-19(4)11(12)3/h5-7,9-10,17H,8,16H2,1-4H3. The number of ether oxygens (including phenoxy) is 1. The van der Waals surface area contributed by atoms with E-state index in [0.29, 0.717) is 18.0 Å². The van der Waals surface area contributed by atoms with Gasteiger partial charge in [0.05, 0.1) is 23.7 Å². The summed E-state index contributed by atoms with van der Waals surface area (Å²) in [6, 6.07) is 5.77. The number of benzene rings is 1. The highest BCUT2D eigenvalue weighted by atomic mass is 16.5. The maximum absolute atomic E-state index is 6.13. The lowest BCUT2D eigenvalue weighted by Crippen LogP contribution is -2.09. The number of nitrogen functional groups attached to an aromatic ring is 1. The minimum absolute atomic E-state index is 0.105. The van der Waals surface area contributed by atoms with Crippen molar-refractivity contribution < 1.29 is 4.74 Å². The van der Waals surface area contributed by atoms with Gasteiger partial charge in [-0.3, -0.25) is 4.68 Å². The van der Waals surface area contributed by atoms with Crippen LogP contribution < -0.4 is 15.8 Å². The lowest BCUT2D eigenvalue weighted by Gasteiger charge is -2.15. The first-order chi connectivity index (χ1) is 9.49. The Hall–Kier alpha value is -2.17. The summed E-state index contributed by atoms with van der Waals surface area (Å²) < 4.78 is 7.54. The Morgan fingerprint density at radius 3 is 2.75 bits per heavy atom. The molecular formula is C15H22N4O. The number of para-hydroxylation sites is 1. The molecule has 20 heavy (non-hydrogen) atoms. The smallest absolute Gasteiger partial charge is 0.144 e. The molecule has 5 nitrogen and oxygen atoms in total. The SMILES string of the molecule is Cc1c(CNc2cccc(OC(C)C)c2N)cnn1C. The molecule has 2 rings (SSSR count). The number of anilines is 2. The fourth-order valence-corrected chi connectivity index (χ4v) is 1.96. The summed E-state index contributed by atoms with van der Waals surface area (Å²) in [4.78, 5) is 0. The first-order valence-electron chi connectivity index (χ1n) is 6.75. The molecule has 0 aliphatic rings. The second-order valence-corrected chi connectivity index (χ2v) is 5.12. The fraction of sp³-hybridized carbons (Fsp3) is 0.400. The lowest BCUT2D eigenvalue weighted by molar-refractivity contribution is 0.244. The minimum Gasteiger partial charge on any atom is -0.489 e. The van der Waals surface area contributed by atoms with Crippen LogP contribution in [0, 0.1) is 6.92 Å². The molecule has 0 fully saturated rings. The summed E-state index contributed by atoms with van der Waals surface area (Å²) in [5.74, 6) is 0.716. The van der Waals surface area contributed by atoms with Crippen molar-refractivity contribution in [2.24, 2.45) is 7.05 Å². The molecule has 2 aromatic rings. The van der Waals surface area contributed by atoms with E-state index in [2.05, 4.69) is 10.4 Å². The van der Waals surface area contributed by atoms with Crippen molar-refractivity contribution in [2.75, 3.05) is 11.1 Å². The van der Waals surface area contributed by atoms with Gasteiger partial charge in [0.1, 0.15) is 5.75 Å². The van der Waals surface area contributed by atoms with Gasteiger partial charge in [-0.05, 0) is 32.9 Å². The molecule has 1 heterocycles. The summed E-state index contributed by atoms with van der Waals surface area (Å²) in [6.07, 6.45) is 1.97. The van der Waals surface area contributed by atoms with E-state index in [0.717, 1.165) is 16.9 Å². The Morgan fingerprint density at radius 2 is 2.15 bits per heavy atom. The molecule has 0 aliphatic carbocycles. The molecule has 0 radical (unpaired) electrons. The molecule has 0 bridgehead atoms. The van der Waals surface area contributed by atoms with Crippen LogP contribution in [0.4, 0.5) is 11.4 Å². The average molecular weight is 274 g/mol. The maximum Gasteiger partial charge on any atom is 0.144 e. The van der Waals surface area contributed by atoms with E-state index in [4.69, 9.17) is 10.5 Å². The van der Waals surface area contributed by atoms with Crippen molar-refractivity contribution >= 4 is 11.4 Å². The van der Waals surface area contributed by atoms with Crippen LogP contribution in [0.2, 0.25) is 0 Å². The van der Waals surface area contributed by atoms with Crippen molar-refractivity contribution in [3.8, 4) is 5.75 Å². The maximum atomic E-state index is 6.13. The van der Waals surface area contributed by atoms with Crippen LogP contribution in [0.1, 0.15) is 25.1 Å². The highest BCUT2D eigenvalue weighted by Gasteiger charge is 2.09. The topological polar surface area (TPSA) is 65.1 Å². The number of nitrogens with one attached hydrogen (secondary N) is 1. The Bertz CT molecular complexity index is 590. The molecule has 0 saturated heterocycles. The summed E-state index contributed by atoms with van der Waals surface area (Å²) in [5, 5.41) is 7.57. The third kappa shape index (κ3) is 3.04. The third-order valence-corrected chi connectivity index (χ3v) is 3.23. The van der Waals surface area contributed by atoms with Gasteiger partial charge >= 0.3 is 0 Å². The number of nitrogens with two attached hydrogens (primary N) is 1. The first kappa shape index (κ1) is 14.2. The van der Waals surface area contributed by atoms with Crippen molar-refractivity contribution in [3.63, 3.8) is 0 Å². The minimum atomic E-state index is 0.105. The predicted octanol–water partition coefficient (Wildman–Crippen LogP) is 2.71. The van der Waals surface area contributed by atoms with Crippen molar-refractivity contribution in [3.05, 3.63) is 35.7 Å². The Morgan fingerprint density at radius 1 is 1.40 bits per heavy atom. The fourth-order valence-electron chi connectivity index (χ4n) is 1.96. The van der Waals surface area contributed by atoms with Crippen LogP contribution in [-0.2, 0) is 13.6 Å². The van der Waals surface area contributed by atoms with E-state index in [-0.39, 0.29) is 6.10 Å². The first-order valence-corrected chi connectivity index (χ1v) is 6.75.